The van der Waals surface area contributed by atoms with Crippen LogP contribution in [0.4, 0.5) is 0 Å². The van der Waals surface area contributed by atoms with Gasteiger partial charge in [-0.2, -0.15) is 0 Å². The molecule has 0 spiro atoms. The molecule has 3 N–H and O–H groups in total. The molecule has 0 aromatic rings. The van der Waals surface area contributed by atoms with Gasteiger partial charge in [0.2, 0.25) is 11.8 Å². The van der Waals surface area contributed by atoms with E-state index in [1.807, 2.05) is 9.80 Å². The lowest BCUT2D eigenvalue weighted by molar-refractivity contribution is -0.136. The molecule has 0 aliphatic carbocycles. The number of carbonyl (C=O) groups excluding carboxylic acids is 2. The second kappa shape index (κ2) is 7.59. The smallest absolute Gasteiger partial charge is 0.239 e. The van der Waals surface area contributed by atoms with E-state index in [0.717, 1.165) is 52.0 Å². The summed E-state index contributed by atoms with van der Waals surface area (Å²) in [7, 11) is 0. The lowest BCUT2D eigenvalue weighted by atomic mass is 10.1. The average molecular weight is 323 g/mol. The molecular formula is C16H29N5O2. The van der Waals surface area contributed by atoms with Crippen molar-refractivity contribution in [3.63, 3.8) is 0 Å². The van der Waals surface area contributed by atoms with Gasteiger partial charge in [-0.05, 0) is 25.7 Å². The van der Waals surface area contributed by atoms with E-state index in [9.17, 15) is 9.59 Å². The molecule has 0 aromatic heterocycles. The molecule has 3 aliphatic heterocycles. The van der Waals surface area contributed by atoms with Gasteiger partial charge >= 0.3 is 0 Å². The fourth-order valence-electron chi connectivity index (χ4n) is 3.73. The van der Waals surface area contributed by atoms with Gasteiger partial charge in [0.05, 0.1) is 12.6 Å². The van der Waals surface area contributed by atoms with E-state index in [2.05, 4.69) is 10.2 Å². The summed E-state index contributed by atoms with van der Waals surface area (Å²) < 4.78 is 0. The fraction of sp³-hybridized carbons (Fsp3) is 0.875. The van der Waals surface area contributed by atoms with Gasteiger partial charge in [0, 0.05) is 51.9 Å². The number of amides is 2. The van der Waals surface area contributed by atoms with Gasteiger partial charge in [0.25, 0.3) is 0 Å². The van der Waals surface area contributed by atoms with E-state index in [0.29, 0.717) is 19.6 Å². The maximum atomic E-state index is 12.4. The van der Waals surface area contributed by atoms with Crippen LogP contribution in [0.25, 0.3) is 0 Å². The minimum Gasteiger partial charge on any atom is -0.342 e. The van der Waals surface area contributed by atoms with Crippen LogP contribution in [0.2, 0.25) is 0 Å². The van der Waals surface area contributed by atoms with Crippen LogP contribution in [0.1, 0.15) is 25.7 Å². The van der Waals surface area contributed by atoms with Crippen LogP contribution in [0.15, 0.2) is 0 Å². The van der Waals surface area contributed by atoms with E-state index in [1.165, 1.54) is 6.42 Å². The maximum absolute atomic E-state index is 12.4. The molecule has 3 fully saturated rings. The van der Waals surface area contributed by atoms with E-state index in [-0.39, 0.29) is 23.9 Å². The Hall–Kier alpha value is -1.18. The quantitative estimate of drug-likeness (QED) is 0.684. The van der Waals surface area contributed by atoms with Crippen molar-refractivity contribution in [1.82, 2.24) is 20.0 Å². The number of piperidine rings is 1. The summed E-state index contributed by atoms with van der Waals surface area (Å²) in [4.78, 5) is 30.8. The van der Waals surface area contributed by atoms with Gasteiger partial charge in [-0.25, -0.2) is 0 Å². The molecule has 130 valence electrons. The summed E-state index contributed by atoms with van der Waals surface area (Å²) in [5.41, 5.74) is 5.86. The van der Waals surface area contributed by atoms with Crippen molar-refractivity contribution in [2.45, 2.75) is 37.8 Å². The van der Waals surface area contributed by atoms with Crippen molar-refractivity contribution >= 4 is 11.8 Å². The van der Waals surface area contributed by atoms with Crippen LogP contribution >= 0.6 is 0 Å². The maximum Gasteiger partial charge on any atom is 0.239 e. The SMILES string of the molecule is N[C@H]1CN[C@H](C(=O)N2CCN(CC(=O)N3CCCCC3)CC2)C1. The third-order valence-electron chi connectivity index (χ3n) is 5.21. The van der Waals surface area contributed by atoms with Crippen molar-refractivity contribution in [2.24, 2.45) is 5.73 Å². The second-order valence-electron chi connectivity index (χ2n) is 7.00. The van der Waals surface area contributed by atoms with Gasteiger partial charge in [-0.3, -0.25) is 14.5 Å². The minimum atomic E-state index is -0.119. The Morgan fingerprint density at radius 3 is 2.26 bits per heavy atom. The van der Waals surface area contributed by atoms with Gasteiger partial charge in [0.15, 0.2) is 0 Å². The molecule has 7 nitrogen and oxygen atoms in total. The molecule has 0 unspecified atom stereocenters. The Morgan fingerprint density at radius 2 is 1.65 bits per heavy atom. The lowest BCUT2D eigenvalue weighted by Crippen LogP contribution is -2.54. The van der Waals surface area contributed by atoms with Gasteiger partial charge in [-0.1, -0.05) is 0 Å². The number of nitrogens with one attached hydrogen (secondary N) is 1. The fourth-order valence-corrected chi connectivity index (χ4v) is 3.73. The summed E-state index contributed by atoms with van der Waals surface area (Å²) in [5.74, 6) is 0.410. The van der Waals surface area contributed by atoms with Crippen molar-refractivity contribution in [3.05, 3.63) is 0 Å². The highest BCUT2D eigenvalue weighted by Crippen LogP contribution is 2.12. The number of rotatable bonds is 3. The van der Waals surface area contributed by atoms with Crippen molar-refractivity contribution in [2.75, 3.05) is 52.4 Å². The highest BCUT2D eigenvalue weighted by Gasteiger charge is 2.32. The Bertz CT molecular complexity index is 430. The first-order chi connectivity index (χ1) is 11.1. The first-order valence-electron chi connectivity index (χ1n) is 8.91. The summed E-state index contributed by atoms with van der Waals surface area (Å²) in [6.07, 6.45) is 4.23. The lowest BCUT2D eigenvalue weighted by Gasteiger charge is -2.37. The molecule has 0 aromatic carbocycles. The summed E-state index contributed by atoms with van der Waals surface area (Å²) in [5, 5.41) is 3.20. The number of hydrogen-bond donors (Lipinski definition) is 2. The molecule has 2 amide bonds. The molecular weight excluding hydrogens is 294 g/mol. The van der Waals surface area contributed by atoms with Gasteiger partial charge in [0.1, 0.15) is 0 Å². The van der Waals surface area contributed by atoms with Crippen molar-refractivity contribution < 1.29 is 9.59 Å². The van der Waals surface area contributed by atoms with Gasteiger partial charge < -0.3 is 20.9 Å². The number of nitrogens with zero attached hydrogens (tertiary/aromatic N) is 3. The standard InChI is InChI=1S/C16H29N5O2/c17-13-10-14(18-11-13)16(23)21-8-6-19(7-9-21)12-15(22)20-4-2-1-3-5-20/h13-14,18H,1-12,17H2/t13-,14+/m1/s1. The number of nitrogens with two attached hydrogens (primary N) is 1. The van der Waals surface area contributed by atoms with Crippen LogP contribution in [0, 0.1) is 0 Å². The van der Waals surface area contributed by atoms with Crippen LogP contribution in [-0.2, 0) is 9.59 Å². The Balaban J connectivity index is 1.41. The summed E-state index contributed by atoms with van der Waals surface area (Å²) >= 11 is 0. The van der Waals surface area contributed by atoms with Crippen LogP contribution in [-0.4, -0.2) is 91.0 Å². The highest BCUT2D eigenvalue weighted by atomic mass is 16.2. The number of hydrogen-bond acceptors (Lipinski definition) is 5. The Kier molecular flexibility index (Phi) is 5.50. The topological polar surface area (TPSA) is 81.9 Å². The summed E-state index contributed by atoms with van der Waals surface area (Å²) in [6, 6.07) is -0.0288. The molecule has 3 rings (SSSR count). The Morgan fingerprint density at radius 1 is 0.957 bits per heavy atom. The molecule has 2 atom stereocenters. The highest BCUT2D eigenvalue weighted by molar-refractivity contribution is 5.82. The largest absolute Gasteiger partial charge is 0.342 e. The molecule has 0 radical (unpaired) electrons. The normalized spacial score (nSPS) is 29.8. The predicted octanol–water partition coefficient (Wildman–Crippen LogP) is -1.17. The summed E-state index contributed by atoms with van der Waals surface area (Å²) in [6.45, 7) is 6.01. The molecule has 3 saturated heterocycles. The molecule has 3 aliphatic rings. The monoisotopic (exact) mass is 323 g/mol. The zero-order chi connectivity index (χ0) is 16.2. The second-order valence-corrected chi connectivity index (χ2v) is 7.00. The van der Waals surface area contributed by atoms with E-state index >= 15 is 0 Å². The molecule has 0 bridgehead atoms. The van der Waals surface area contributed by atoms with Crippen LogP contribution in [0.3, 0.4) is 0 Å². The molecule has 7 heteroatoms. The number of likely N-dealkylation sites (tertiary alicyclic amines) is 1. The van der Waals surface area contributed by atoms with Crippen LogP contribution < -0.4 is 11.1 Å². The van der Waals surface area contributed by atoms with Gasteiger partial charge in [-0.15, -0.1) is 0 Å². The third-order valence-corrected chi connectivity index (χ3v) is 5.21. The van der Waals surface area contributed by atoms with E-state index in [4.69, 9.17) is 5.73 Å². The zero-order valence-corrected chi connectivity index (χ0v) is 13.9. The van der Waals surface area contributed by atoms with Crippen LogP contribution in [0.5, 0.6) is 0 Å². The van der Waals surface area contributed by atoms with Crippen molar-refractivity contribution in [3.8, 4) is 0 Å². The average Bonchev–Trinajstić information content (AvgIpc) is 3.02. The molecule has 3 heterocycles. The van der Waals surface area contributed by atoms with E-state index < -0.39 is 0 Å². The number of piperazine rings is 1. The molecule has 0 saturated carbocycles. The predicted molar refractivity (Wildman–Crippen MR) is 87.8 cm³/mol. The minimum absolute atomic E-state index is 0.0902. The van der Waals surface area contributed by atoms with E-state index in [1.54, 1.807) is 0 Å². The first kappa shape index (κ1) is 16.7. The number of carbonyl (C=O) groups is 2. The first-order valence-corrected chi connectivity index (χ1v) is 8.91. The third kappa shape index (κ3) is 4.22. The van der Waals surface area contributed by atoms with Crippen molar-refractivity contribution in [1.29, 1.82) is 0 Å². The zero-order valence-electron chi connectivity index (χ0n) is 13.9. The molecule has 23 heavy (non-hydrogen) atoms. The Labute approximate surface area is 138 Å².